The largest absolute Gasteiger partial charge is 0.304 e. The zero-order valence-electron chi connectivity index (χ0n) is 9.24. The molecule has 3 heteroatoms. The molecule has 2 rings (SSSR count). The van der Waals surface area contributed by atoms with Gasteiger partial charge >= 0.3 is 0 Å². The smallest absolute Gasteiger partial charge is 0.0223 e. The van der Waals surface area contributed by atoms with Crippen LogP contribution >= 0.6 is 12.2 Å². The molecular formula is C11H22N2S. The van der Waals surface area contributed by atoms with Crippen LogP contribution < -0.4 is 0 Å². The van der Waals surface area contributed by atoms with E-state index in [1.807, 2.05) is 0 Å². The molecule has 0 N–H and O–H groups in total. The molecule has 0 radical (unpaired) electrons. The van der Waals surface area contributed by atoms with Crippen molar-refractivity contribution in [2.24, 2.45) is 0 Å². The number of nitrogens with zero attached hydrogens (tertiary/aromatic N) is 2. The quantitative estimate of drug-likeness (QED) is 0.568. The molecule has 2 heterocycles. The van der Waals surface area contributed by atoms with Gasteiger partial charge in [0.25, 0.3) is 0 Å². The second kappa shape index (κ2) is 6.49. The lowest BCUT2D eigenvalue weighted by Gasteiger charge is -2.38. The second-order valence-electron chi connectivity index (χ2n) is 4.30. The third kappa shape index (κ3) is 3.30. The summed E-state index contributed by atoms with van der Waals surface area (Å²) in [5.41, 5.74) is 0. The van der Waals surface area contributed by atoms with Gasteiger partial charge in [0.2, 0.25) is 0 Å². The monoisotopic (exact) mass is 214 g/mol. The van der Waals surface area contributed by atoms with Crippen LogP contribution in [0.2, 0.25) is 0 Å². The third-order valence-electron chi connectivity index (χ3n) is 3.29. The first-order valence-corrected chi connectivity index (χ1v) is 6.15. The Morgan fingerprint density at radius 3 is 2.64 bits per heavy atom. The van der Waals surface area contributed by atoms with E-state index < -0.39 is 0 Å². The van der Waals surface area contributed by atoms with E-state index in [0.717, 1.165) is 6.04 Å². The maximum absolute atomic E-state index is 3.83. The number of fused-ring (bicyclic) bond motifs is 1. The molecule has 0 amide bonds. The van der Waals surface area contributed by atoms with Crippen molar-refractivity contribution in [2.45, 2.75) is 31.7 Å². The van der Waals surface area contributed by atoms with Crippen LogP contribution in [0.25, 0.3) is 0 Å². The van der Waals surface area contributed by atoms with E-state index in [2.05, 4.69) is 34.9 Å². The van der Waals surface area contributed by atoms with Gasteiger partial charge in [-0.15, -0.1) is 0 Å². The maximum atomic E-state index is 3.83. The fraction of sp³-hybridized carbons (Fsp3) is 0.909. The molecule has 0 spiro atoms. The highest BCUT2D eigenvalue weighted by molar-refractivity contribution is 7.77. The molecule has 1 unspecified atom stereocenters. The van der Waals surface area contributed by atoms with Crippen LogP contribution in [0.15, 0.2) is 0 Å². The lowest BCUT2D eigenvalue weighted by atomic mass is 10.1. The first-order chi connectivity index (χ1) is 6.86. The van der Waals surface area contributed by atoms with Crippen LogP contribution in [-0.4, -0.2) is 54.9 Å². The molecule has 1 atom stereocenters. The Kier molecular flexibility index (Phi) is 5.60. The molecule has 2 saturated heterocycles. The number of piperazine rings is 1. The summed E-state index contributed by atoms with van der Waals surface area (Å²) in [6, 6.07) is 0.881. The summed E-state index contributed by atoms with van der Waals surface area (Å²) in [5, 5.41) is 0. The van der Waals surface area contributed by atoms with E-state index in [1.165, 1.54) is 51.9 Å². The zero-order valence-corrected chi connectivity index (χ0v) is 10.1. The Hall–Kier alpha value is 0.0100. The topological polar surface area (TPSA) is 6.48 Å². The summed E-state index contributed by atoms with van der Waals surface area (Å²) in [5.74, 6) is 2.83. The van der Waals surface area contributed by atoms with Crippen molar-refractivity contribution < 1.29 is 0 Å². The first-order valence-electron chi connectivity index (χ1n) is 5.58. The Morgan fingerprint density at radius 1 is 1.07 bits per heavy atom. The minimum absolute atomic E-state index is 0.881. The predicted molar refractivity (Wildman–Crippen MR) is 66.0 cm³/mol. The third-order valence-corrected chi connectivity index (χ3v) is 3.29. The Balaban J connectivity index is 0.000000461. The van der Waals surface area contributed by atoms with Gasteiger partial charge in [0, 0.05) is 25.7 Å². The van der Waals surface area contributed by atoms with Crippen LogP contribution in [0.1, 0.15) is 25.7 Å². The Labute approximate surface area is 93.3 Å². The SMILES string of the molecule is C=S.CN1CCN2CCCCCC2C1. The van der Waals surface area contributed by atoms with Gasteiger partial charge in [-0.05, 0) is 32.3 Å². The highest BCUT2D eigenvalue weighted by Gasteiger charge is 2.25. The van der Waals surface area contributed by atoms with E-state index in [-0.39, 0.29) is 0 Å². The molecule has 2 fully saturated rings. The molecule has 14 heavy (non-hydrogen) atoms. The van der Waals surface area contributed by atoms with Crippen LogP contribution in [0.5, 0.6) is 0 Å². The summed E-state index contributed by atoms with van der Waals surface area (Å²) >= 11 is 3.83. The fourth-order valence-electron chi connectivity index (χ4n) is 2.49. The van der Waals surface area contributed by atoms with E-state index in [9.17, 15) is 0 Å². The molecule has 2 aliphatic heterocycles. The van der Waals surface area contributed by atoms with Crippen molar-refractivity contribution in [3.05, 3.63) is 0 Å². The molecule has 0 aromatic rings. The molecular weight excluding hydrogens is 192 g/mol. The summed E-state index contributed by atoms with van der Waals surface area (Å²) in [4.78, 5) is 5.18. The Morgan fingerprint density at radius 2 is 1.86 bits per heavy atom. The van der Waals surface area contributed by atoms with E-state index >= 15 is 0 Å². The van der Waals surface area contributed by atoms with Crippen molar-refractivity contribution in [1.82, 2.24) is 9.80 Å². The molecule has 0 aromatic carbocycles. The average Bonchev–Trinajstić information content (AvgIpc) is 2.45. The molecule has 0 saturated carbocycles. The van der Waals surface area contributed by atoms with E-state index in [1.54, 1.807) is 0 Å². The molecule has 2 nitrogen and oxygen atoms in total. The number of likely N-dealkylation sites (N-methyl/N-ethyl adjacent to an activating group) is 1. The van der Waals surface area contributed by atoms with Gasteiger partial charge in [0.15, 0.2) is 0 Å². The van der Waals surface area contributed by atoms with Gasteiger partial charge in [-0.3, -0.25) is 4.90 Å². The number of hydrogen-bond acceptors (Lipinski definition) is 3. The van der Waals surface area contributed by atoms with Gasteiger partial charge in [-0.25, -0.2) is 0 Å². The zero-order chi connectivity index (χ0) is 10.4. The number of rotatable bonds is 0. The minimum Gasteiger partial charge on any atom is -0.304 e. The van der Waals surface area contributed by atoms with E-state index in [0.29, 0.717) is 0 Å². The molecule has 0 aliphatic carbocycles. The normalized spacial score (nSPS) is 29.6. The van der Waals surface area contributed by atoms with Crippen LogP contribution in [-0.2, 0) is 0 Å². The van der Waals surface area contributed by atoms with Gasteiger partial charge in [-0.2, -0.15) is 0 Å². The second-order valence-corrected chi connectivity index (χ2v) is 4.30. The number of hydrogen-bond donors (Lipinski definition) is 0. The van der Waals surface area contributed by atoms with Crippen molar-refractivity contribution in [2.75, 3.05) is 33.2 Å². The highest BCUT2D eigenvalue weighted by atomic mass is 32.1. The van der Waals surface area contributed by atoms with Crippen molar-refractivity contribution in [3.63, 3.8) is 0 Å². The van der Waals surface area contributed by atoms with Gasteiger partial charge in [-0.1, -0.05) is 25.1 Å². The average molecular weight is 214 g/mol. The van der Waals surface area contributed by atoms with Crippen molar-refractivity contribution >= 4 is 18.1 Å². The first kappa shape index (κ1) is 12.1. The van der Waals surface area contributed by atoms with Crippen LogP contribution in [0.4, 0.5) is 0 Å². The maximum Gasteiger partial charge on any atom is 0.0223 e. The summed E-state index contributed by atoms with van der Waals surface area (Å²) in [6.45, 7) is 5.25. The molecule has 0 aromatic heterocycles. The molecule has 0 bridgehead atoms. The van der Waals surface area contributed by atoms with E-state index in [4.69, 9.17) is 0 Å². The molecule has 2 aliphatic rings. The lowest BCUT2D eigenvalue weighted by Crippen LogP contribution is -2.51. The van der Waals surface area contributed by atoms with Crippen LogP contribution in [0, 0.1) is 0 Å². The fourth-order valence-corrected chi connectivity index (χ4v) is 2.49. The lowest BCUT2D eigenvalue weighted by molar-refractivity contribution is 0.0925. The highest BCUT2D eigenvalue weighted by Crippen LogP contribution is 2.19. The van der Waals surface area contributed by atoms with Gasteiger partial charge in [0.1, 0.15) is 0 Å². The number of thiocarbonyl (C=S) groups is 1. The van der Waals surface area contributed by atoms with Crippen molar-refractivity contribution in [1.29, 1.82) is 0 Å². The predicted octanol–water partition coefficient (Wildman–Crippen LogP) is 1.79. The van der Waals surface area contributed by atoms with Crippen LogP contribution in [0.3, 0.4) is 0 Å². The standard InChI is InChI=1S/C10H20N2.CH2S/c1-11-7-8-12-6-4-2-3-5-10(12)9-11;1-2/h10H,2-9H2,1H3;1H2. The Bertz CT molecular complexity index is 163. The van der Waals surface area contributed by atoms with Gasteiger partial charge < -0.3 is 4.90 Å². The van der Waals surface area contributed by atoms with Crippen molar-refractivity contribution in [3.8, 4) is 0 Å². The summed E-state index contributed by atoms with van der Waals surface area (Å²) < 4.78 is 0. The molecule has 82 valence electrons. The minimum atomic E-state index is 0.881. The summed E-state index contributed by atoms with van der Waals surface area (Å²) in [7, 11) is 2.25. The summed E-state index contributed by atoms with van der Waals surface area (Å²) in [6.07, 6.45) is 5.77. The van der Waals surface area contributed by atoms with Gasteiger partial charge in [0.05, 0.1) is 0 Å².